The minimum absolute atomic E-state index is 0.0718. The van der Waals surface area contributed by atoms with Gasteiger partial charge in [-0.05, 0) is 50.1 Å². The fraction of sp³-hybridized carbons (Fsp3) is 0.346. The van der Waals surface area contributed by atoms with E-state index in [0.29, 0.717) is 31.9 Å². The van der Waals surface area contributed by atoms with E-state index in [4.69, 9.17) is 9.72 Å². The Labute approximate surface area is 205 Å². The zero-order chi connectivity index (χ0) is 25.0. The number of hydrogen-bond donors (Lipinski definition) is 0. The van der Waals surface area contributed by atoms with Gasteiger partial charge in [0.1, 0.15) is 34.8 Å². The highest BCUT2D eigenvalue weighted by Gasteiger charge is 2.30. The number of halogens is 2. The van der Waals surface area contributed by atoms with E-state index in [1.165, 1.54) is 12.1 Å². The Hall–Kier alpha value is -3.79. The van der Waals surface area contributed by atoms with Crippen LogP contribution in [0.4, 0.5) is 14.7 Å². The van der Waals surface area contributed by atoms with Crippen molar-refractivity contribution in [3.63, 3.8) is 0 Å². The third-order valence-corrected chi connectivity index (χ3v) is 6.68. The summed E-state index contributed by atoms with van der Waals surface area (Å²) in [5, 5.41) is 0. The van der Waals surface area contributed by atoms with Crippen LogP contribution in [0.2, 0.25) is 0 Å². The van der Waals surface area contributed by atoms with E-state index in [-0.39, 0.29) is 46.0 Å². The van der Waals surface area contributed by atoms with E-state index in [2.05, 4.69) is 15.0 Å². The van der Waals surface area contributed by atoms with Crippen LogP contribution in [-0.4, -0.2) is 43.7 Å². The van der Waals surface area contributed by atoms with Gasteiger partial charge in [0.2, 0.25) is 5.95 Å². The molecule has 36 heavy (non-hydrogen) atoms. The van der Waals surface area contributed by atoms with Crippen molar-refractivity contribution in [1.82, 2.24) is 24.5 Å². The lowest BCUT2D eigenvalue weighted by atomic mass is 10.1. The molecule has 0 bridgehead atoms. The molecule has 6 rings (SSSR count). The normalized spacial score (nSPS) is 19.6. The molecule has 2 atom stereocenters. The Bertz CT molecular complexity index is 1560. The van der Waals surface area contributed by atoms with Gasteiger partial charge in [-0.1, -0.05) is 0 Å². The third-order valence-electron chi connectivity index (χ3n) is 6.68. The molecule has 3 aromatic heterocycles. The van der Waals surface area contributed by atoms with E-state index in [1.54, 1.807) is 10.8 Å². The quantitative estimate of drug-likeness (QED) is 0.432. The number of anilines is 1. The van der Waals surface area contributed by atoms with Crippen molar-refractivity contribution in [2.75, 3.05) is 18.0 Å². The summed E-state index contributed by atoms with van der Waals surface area (Å²) in [6, 6.07) is 7.19. The van der Waals surface area contributed by atoms with Gasteiger partial charge in [0.05, 0.1) is 12.6 Å². The Morgan fingerprint density at radius 3 is 2.72 bits per heavy atom. The van der Waals surface area contributed by atoms with Crippen molar-refractivity contribution in [3.05, 3.63) is 75.6 Å². The highest BCUT2D eigenvalue weighted by molar-refractivity contribution is 5.89. The van der Waals surface area contributed by atoms with Gasteiger partial charge in [0, 0.05) is 43.0 Å². The number of fused-ring (bicyclic) bond motifs is 2. The molecule has 0 spiro atoms. The number of hydrogen-bond acceptors (Lipinski definition) is 7. The lowest BCUT2D eigenvalue weighted by Gasteiger charge is -2.37. The van der Waals surface area contributed by atoms with Gasteiger partial charge in [-0.3, -0.25) is 14.3 Å². The minimum Gasteiger partial charge on any atom is -0.367 e. The van der Waals surface area contributed by atoms with Crippen LogP contribution in [0.25, 0.3) is 22.3 Å². The molecule has 1 fully saturated rings. The van der Waals surface area contributed by atoms with Crippen LogP contribution in [0, 0.1) is 18.6 Å². The summed E-state index contributed by atoms with van der Waals surface area (Å²) < 4.78 is 36.5. The second-order valence-electron chi connectivity index (χ2n) is 9.35. The zero-order valence-electron chi connectivity index (χ0n) is 19.9. The second kappa shape index (κ2) is 8.70. The number of rotatable bonds is 3. The SMILES string of the molecule is Cc1cc(C2CN(c3nc(-c4ccc(F)cc4F)c4nc5n(c(=O)c4n3)CCC5)CC(C)O2)ccn1. The van der Waals surface area contributed by atoms with Crippen molar-refractivity contribution in [2.45, 2.75) is 45.4 Å². The van der Waals surface area contributed by atoms with Gasteiger partial charge < -0.3 is 9.64 Å². The summed E-state index contributed by atoms with van der Waals surface area (Å²) >= 11 is 0. The third kappa shape index (κ3) is 3.91. The Morgan fingerprint density at radius 1 is 1.06 bits per heavy atom. The summed E-state index contributed by atoms with van der Waals surface area (Å²) in [7, 11) is 0. The lowest BCUT2D eigenvalue weighted by Crippen LogP contribution is -2.44. The number of ether oxygens (including phenoxy) is 1. The Morgan fingerprint density at radius 2 is 1.92 bits per heavy atom. The number of benzene rings is 1. The fourth-order valence-corrected chi connectivity index (χ4v) is 5.03. The molecule has 1 aromatic carbocycles. The molecule has 2 aliphatic heterocycles. The summed E-state index contributed by atoms with van der Waals surface area (Å²) in [5.74, 6) is -0.560. The first-order valence-electron chi connectivity index (χ1n) is 12.0. The van der Waals surface area contributed by atoms with Gasteiger partial charge in [0.25, 0.3) is 5.56 Å². The molecule has 2 unspecified atom stereocenters. The van der Waals surface area contributed by atoms with Crippen LogP contribution in [0.5, 0.6) is 0 Å². The average molecular weight is 491 g/mol. The van der Waals surface area contributed by atoms with Gasteiger partial charge in [0.15, 0.2) is 5.52 Å². The molecule has 4 aromatic rings. The highest BCUT2D eigenvalue weighted by Crippen LogP contribution is 2.32. The van der Waals surface area contributed by atoms with E-state index in [0.717, 1.165) is 23.7 Å². The zero-order valence-corrected chi connectivity index (χ0v) is 19.9. The first-order chi connectivity index (χ1) is 17.4. The monoisotopic (exact) mass is 490 g/mol. The standard InChI is InChI=1S/C26H24F2N6O2/c1-14-10-16(7-8-29-14)20-13-33(12-15(2)36-20)26-31-22(18-6-5-17(27)11-19(18)28)23-24(32-26)25(35)34-9-3-4-21(34)30-23/h5-8,10-11,15,20H,3-4,9,12-13H2,1-2H3. The minimum atomic E-state index is -0.774. The van der Waals surface area contributed by atoms with Crippen molar-refractivity contribution in [3.8, 4) is 11.3 Å². The van der Waals surface area contributed by atoms with Gasteiger partial charge in [-0.15, -0.1) is 0 Å². The number of aryl methyl sites for hydroxylation is 2. The van der Waals surface area contributed by atoms with E-state index in [9.17, 15) is 13.6 Å². The molecule has 0 aliphatic carbocycles. The van der Waals surface area contributed by atoms with Crippen LogP contribution in [0.15, 0.2) is 41.3 Å². The molecule has 0 amide bonds. The molecule has 184 valence electrons. The van der Waals surface area contributed by atoms with E-state index < -0.39 is 11.6 Å². The molecule has 2 aliphatic rings. The van der Waals surface area contributed by atoms with Crippen LogP contribution < -0.4 is 10.5 Å². The maximum atomic E-state index is 14.9. The predicted molar refractivity (Wildman–Crippen MR) is 130 cm³/mol. The molecule has 8 nitrogen and oxygen atoms in total. The molecule has 5 heterocycles. The summed E-state index contributed by atoms with van der Waals surface area (Å²) in [6.07, 6.45) is 2.77. The van der Waals surface area contributed by atoms with Gasteiger partial charge in [-0.25, -0.2) is 23.7 Å². The van der Waals surface area contributed by atoms with Crippen LogP contribution in [0.1, 0.15) is 36.5 Å². The van der Waals surface area contributed by atoms with Crippen molar-refractivity contribution in [1.29, 1.82) is 0 Å². The smallest absolute Gasteiger partial charge is 0.280 e. The summed E-state index contributed by atoms with van der Waals surface area (Å²) in [4.78, 5) is 33.6. The number of nitrogens with zero attached hydrogens (tertiary/aromatic N) is 6. The largest absolute Gasteiger partial charge is 0.367 e. The fourth-order valence-electron chi connectivity index (χ4n) is 5.03. The summed E-state index contributed by atoms with van der Waals surface area (Å²) in [5.41, 5.74) is 2.18. The summed E-state index contributed by atoms with van der Waals surface area (Å²) in [6.45, 7) is 5.36. The van der Waals surface area contributed by atoms with Crippen LogP contribution >= 0.6 is 0 Å². The highest BCUT2D eigenvalue weighted by atomic mass is 19.1. The number of aromatic nitrogens is 5. The maximum absolute atomic E-state index is 14.9. The van der Waals surface area contributed by atoms with Crippen LogP contribution in [0.3, 0.4) is 0 Å². The van der Waals surface area contributed by atoms with E-state index in [1.807, 2.05) is 30.9 Å². The van der Waals surface area contributed by atoms with Crippen molar-refractivity contribution in [2.24, 2.45) is 0 Å². The molecular formula is C26H24F2N6O2. The van der Waals surface area contributed by atoms with Gasteiger partial charge in [-0.2, -0.15) is 0 Å². The lowest BCUT2D eigenvalue weighted by molar-refractivity contribution is -0.0179. The van der Waals surface area contributed by atoms with Crippen molar-refractivity contribution < 1.29 is 13.5 Å². The topological polar surface area (TPSA) is 86.0 Å². The first-order valence-corrected chi connectivity index (χ1v) is 12.0. The second-order valence-corrected chi connectivity index (χ2v) is 9.35. The molecule has 0 radical (unpaired) electrons. The molecule has 10 heteroatoms. The van der Waals surface area contributed by atoms with Crippen molar-refractivity contribution >= 4 is 17.0 Å². The molecule has 0 saturated carbocycles. The van der Waals surface area contributed by atoms with Gasteiger partial charge >= 0.3 is 0 Å². The molecule has 0 N–H and O–H groups in total. The molecule has 1 saturated heterocycles. The Balaban J connectivity index is 1.52. The first kappa shape index (κ1) is 22.7. The predicted octanol–water partition coefficient (Wildman–Crippen LogP) is 3.75. The Kier molecular flexibility index (Phi) is 5.48. The maximum Gasteiger partial charge on any atom is 0.280 e. The number of pyridine rings is 1. The van der Waals surface area contributed by atoms with Crippen LogP contribution in [-0.2, 0) is 17.7 Å². The number of morpholine rings is 1. The molecular weight excluding hydrogens is 466 g/mol. The average Bonchev–Trinajstić information content (AvgIpc) is 3.33. The van der Waals surface area contributed by atoms with E-state index >= 15 is 0 Å².